The fourth-order valence-electron chi connectivity index (χ4n) is 2.33. The van der Waals surface area contributed by atoms with Crippen LogP contribution in [0.25, 0.3) is 10.9 Å². The van der Waals surface area contributed by atoms with Gasteiger partial charge in [0.05, 0.1) is 22.9 Å². The summed E-state index contributed by atoms with van der Waals surface area (Å²) in [5.74, 6) is -0.449. The maximum atomic E-state index is 13.5. The zero-order chi connectivity index (χ0) is 16.4. The van der Waals surface area contributed by atoms with E-state index in [1.54, 1.807) is 30.5 Å². The number of halogens is 1. The largest absolute Gasteiger partial charge is 0.494 e. The molecule has 3 aromatic rings. The Kier molecular flexibility index (Phi) is 3.76. The summed E-state index contributed by atoms with van der Waals surface area (Å²) in [6.07, 6.45) is 1.57. The summed E-state index contributed by atoms with van der Waals surface area (Å²) < 4.78 is 18.4. The number of pyridine rings is 1. The van der Waals surface area contributed by atoms with E-state index < -0.39 is 10.7 Å². The summed E-state index contributed by atoms with van der Waals surface area (Å²) in [4.78, 5) is 15.1. The smallest absolute Gasteiger partial charge is 0.301 e. The molecule has 0 fully saturated rings. The minimum atomic E-state index is -0.504. The van der Waals surface area contributed by atoms with Gasteiger partial charge in [0.15, 0.2) is 11.6 Å². The maximum Gasteiger partial charge on any atom is 0.301 e. The number of rotatable bonds is 4. The number of hydrogen-bond donors (Lipinski definition) is 1. The molecule has 0 unspecified atom stereocenters. The molecule has 0 bridgehead atoms. The van der Waals surface area contributed by atoms with Crippen LogP contribution >= 0.6 is 0 Å². The van der Waals surface area contributed by atoms with Crippen LogP contribution in [0.3, 0.4) is 0 Å². The Hall–Kier alpha value is -3.22. The molecule has 1 heterocycles. The van der Waals surface area contributed by atoms with Crippen molar-refractivity contribution in [1.29, 1.82) is 0 Å². The average molecular weight is 313 g/mol. The molecule has 0 aliphatic rings. The molecule has 0 aliphatic heterocycles. The topological polar surface area (TPSA) is 77.3 Å². The number of nitrogens with one attached hydrogen (secondary N) is 1. The monoisotopic (exact) mass is 313 g/mol. The number of ether oxygens (including phenoxy) is 1. The zero-order valence-electron chi connectivity index (χ0n) is 12.1. The first-order chi connectivity index (χ1) is 11.1. The van der Waals surface area contributed by atoms with E-state index in [1.807, 2.05) is 0 Å². The summed E-state index contributed by atoms with van der Waals surface area (Å²) in [6, 6.07) is 10.7. The highest BCUT2D eigenvalue weighted by molar-refractivity contribution is 5.95. The zero-order valence-corrected chi connectivity index (χ0v) is 12.1. The van der Waals surface area contributed by atoms with Crippen molar-refractivity contribution in [3.05, 3.63) is 64.6 Å². The van der Waals surface area contributed by atoms with Gasteiger partial charge >= 0.3 is 5.69 Å². The highest BCUT2D eigenvalue weighted by Gasteiger charge is 2.19. The van der Waals surface area contributed by atoms with Crippen LogP contribution in [0.4, 0.5) is 21.5 Å². The van der Waals surface area contributed by atoms with Gasteiger partial charge in [0.1, 0.15) is 5.69 Å². The van der Waals surface area contributed by atoms with Gasteiger partial charge in [-0.2, -0.15) is 0 Å². The van der Waals surface area contributed by atoms with E-state index in [2.05, 4.69) is 10.3 Å². The molecular weight excluding hydrogens is 301 g/mol. The lowest BCUT2D eigenvalue weighted by Crippen LogP contribution is -1.99. The van der Waals surface area contributed by atoms with Crippen molar-refractivity contribution >= 4 is 28.0 Å². The van der Waals surface area contributed by atoms with Gasteiger partial charge in [-0.05, 0) is 36.4 Å². The molecule has 23 heavy (non-hydrogen) atoms. The van der Waals surface area contributed by atoms with Crippen molar-refractivity contribution in [2.75, 3.05) is 12.4 Å². The van der Waals surface area contributed by atoms with Crippen molar-refractivity contribution < 1.29 is 14.1 Å². The molecule has 6 nitrogen and oxygen atoms in total. The Balaban J connectivity index is 2.09. The van der Waals surface area contributed by atoms with Gasteiger partial charge in [-0.25, -0.2) is 4.39 Å². The lowest BCUT2D eigenvalue weighted by molar-refractivity contribution is -0.382. The van der Waals surface area contributed by atoms with Crippen molar-refractivity contribution in [3.8, 4) is 5.75 Å². The third-order valence-corrected chi connectivity index (χ3v) is 3.37. The molecule has 0 saturated heterocycles. The molecule has 1 N–H and O–H groups in total. The van der Waals surface area contributed by atoms with Gasteiger partial charge in [-0.1, -0.05) is 0 Å². The molecule has 0 spiro atoms. The number of fused-ring (bicyclic) bond motifs is 1. The Morgan fingerprint density at radius 3 is 2.83 bits per heavy atom. The van der Waals surface area contributed by atoms with Gasteiger partial charge in [0.25, 0.3) is 0 Å². The van der Waals surface area contributed by atoms with E-state index in [1.165, 1.54) is 25.3 Å². The van der Waals surface area contributed by atoms with E-state index in [0.29, 0.717) is 22.3 Å². The van der Waals surface area contributed by atoms with Crippen LogP contribution in [0.1, 0.15) is 0 Å². The Morgan fingerprint density at radius 2 is 2.09 bits per heavy atom. The predicted octanol–water partition coefficient (Wildman–Crippen LogP) is 4.03. The lowest BCUT2D eigenvalue weighted by atomic mass is 10.1. The number of nitrogens with zero attached hydrogens (tertiary/aromatic N) is 2. The van der Waals surface area contributed by atoms with Crippen LogP contribution < -0.4 is 10.1 Å². The molecule has 0 atom stereocenters. The molecule has 116 valence electrons. The third kappa shape index (κ3) is 2.76. The van der Waals surface area contributed by atoms with Crippen molar-refractivity contribution in [2.45, 2.75) is 0 Å². The summed E-state index contributed by atoms with van der Waals surface area (Å²) in [7, 11) is 1.35. The average Bonchev–Trinajstić information content (AvgIpc) is 2.56. The van der Waals surface area contributed by atoms with Crippen LogP contribution in [-0.4, -0.2) is 17.0 Å². The minimum absolute atomic E-state index is 0.0557. The third-order valence-electron chi connectivity index (χ3n) is 3.37. The van der Waals surface area contributed by atoms with Crippen LogP contribution in [-0.2, 0) is 0 Å². The van der Waals surface area contributed by atoms with E-state index >= 15 is 0 Å². The standard InChI is InChI=1S/C16H12FN3O3/c1-23-15-9-10(4-5-12(15)17)19-14-7-6-13-11(3-2-8-18-13)16(14)20(21)22/h2-9,19H,1H3. The second kappa shape index (κ2) is 5.88. The first kappa shape index (κ1) is 14.7. The molecule has 0 radical (unpaired) electrons. The van der Waals surface area contributed by atoms with Crippen LogP contribution in [0, 0.1) is 15.9 Å². The first-order valence-electron chi connectivity index (χ1n) is 6.73. The highest BCUT2D eigenvalue weighted by atomic mass is 19.1. The summed E-state index contributed by atoms with van der Waals surface area (Å²) in [5.41, 5.74) is 1.22. The number of benzene rings is 2. The Bertz CT molecular complexity index is 899. The highest BCUT2D eigenvalue weighted by Crippen LogP contribution is 2.35. The second-order valence-electron chi connectivity index (χ2n) is 4.76. The van der Waals surface area contributed by atoms with Crippen molar-refractivity contribution in [3.63, 3.8) is 0 Å². The molecule has 7 heteroatoms. The molecular formula is C16H12FN3O3. The number of anilines is 2. The SMILES string of the molecule is COc1cc(Nc2ccc3ncccc3c2[N+](=O)[O-])ccc1F. The molecule has 3 rings (SSSR count). The molecule has 1 aromatic heterocycles. The van der Waals surface area contributed by atoms with Gasteiger partial charge in [0, 0.05) is 18.0 Å². The van der Waals surface area contributed by atoms with E-state index in [0.717, 1.165) is 0 Å². The van der Waals surface area contributed by atoms with Crippen LogP contribution in [0.2, 0.25) is 0 Å². The molecule has 0 amide bonds. The van der Waals surface area contributed by atoms with Gasteiger partial charge in [-0.15, -0.1) is 0 Å². The van der Waals surface area contributed by atoms with Crippen molar-refractivity contribution in [1.82, 2.24) is 4.98 Å². The predicted molar refractivity (Wildman–Crippen MR) is 84.6 cm³/mol. The van der Waals surface area contributed by atoms with Crippen molar-refractivity contribution in [2.24, 2.45) is 0 Å². The quantitative estimate of drug-likeness (QED) is 0.581. The maximum absolute atomic E-state index is 13.5. The molecule has 0 aliphatic carbocycles. The summed E-state index contributed by atoms with van der Waals surface area (Å²) >= 11 is 0. The Morgan fingerprint density at radius 1 is 1.26 bits per heavy atom. The van der Waals surface area contributed by atoms with Gasteiger partial charge in [-0.3, -0.25) is 15.1 Å². The number of aromatic nitrogens is 1. The molecule has 2 aromatic carbocycles. The lowest BCUT2D eigenvalue weighted by Gasteiger charge is -2.10. The molecule has 0 saturated carbocycles. The second-order valence-corrected chi connectivity index (χ2v) is 4.76. The number of hydrogen-bond acceptors (Lipinski definition) is 5. The fourth-order valence-corrected chi connectivity index (χ4v) is 2.33. The first-order valence-corrected chi connectivity index (χ1v) is 6.73. The van der Waals surface area contributed by atoms with Gasteiger partial charge < -0.3 is 10.1 Å². The van der Waals surface area contributed by atoms with E-state index in [4.69, 9.17) is 4.74 Å². The number of nitro benzene ring substituents is 1. The van der Waals surface area contributed by atoms with Gasteiger partial charge in [0.2, 0.25) is 0 Å². The minimum Gasteiger partial charge on any atom is -0.494 e. The number of methoxy groups -OCH3 is 1. The Labute approximate surface area is 130 Å². The summed E-state index contributed by atoms with van der Waals surface area (Å²) in [6.45, 7) is 0. The fraction of sp³-hybridized carbons (Fsp3) is 0.0625. The normalized spacial score (nSPS) is 10.5. The van der Waals surface area contributed by atoms with Crippen LogP contribution in [0.5, 0.6) is 5.75 Å². The summed E-state index contributed by atoms with van der Waals surface area (Å²) in [5, 5.41) is 14.8. The van der Waals surface area contributed by atoms with E-state index in [9.17, 15) is 14.5 Å². The number of nitro groups is 1. The van der Waals surface area contributed by atoms with Crippen LogP contribution in [0.15, 0.2) is 48.7 Å². The van der Waals surface area contributed by atoms with E-state index in [-0.39, 0.29) is 11.4 Å².